The molecular weight excluding hydrogens is 215 g/mol. The maximum atomic E-state index is 13.0. The Morgan fingerprint density at radius 1 is 1.40 bits per heavy atom. The standard InChI is InChI=1S/C11H10ClFN2/c12-5-4-11-14-7-10(15-11)8-2-1-3-9(13)6-8/h1-3,6-7H,4-5H2,(H,14,15). The Labute approximate surface area is 92.1 Å². The fourth-order valence-electron chi connectivity index (χ4n) is 1.38. The van der Waals surface area contributed by atoms with Crippen LogP contribution in [-0.2, 0) is 6.42 Å². The third-order valence-electron chi connectivity index (χ3n) is 2.10. The fourth-order valence-corrected chi connectivity index (χ4v) is 1.56. The van der Waals surface area contributed by atoms with Crippen molar-refractivity contribution < 1.29 is 4.39 Å². The quantitative estimate of drug-likeness (QED) is 0.798. The van der Waals surface area contributed by atoms with Gasteiger partial charge in [0.15, 0.2) is 0 Å². The Hall–Kier alpha value is -1.35. The van der Waals surface area contributed by atoms with Crippen molar-refractivity contribution in [2.24, 2.45) is 0 Å². The maximum Gasteiger partial charge on any atom is 0.123 e. The van der Waals surface area contributed by atoms with Crippen molar-refractivity contribution in [1.82, 2.24) is 9.97 Å². The van der Waals surface area contributed by atoms with Gasteiger partial charge >= 0.3 is 0 Å². The molecule has 1 aromatic heterocycles. The minimum atomic E-state index is -0.249. The highest BCUT2D eigenvalue weighted by Gasteiger charge is 2.03. The molecule has 0 spiro atoms. The topological polar surface area (TPSA) is 28.7 Å². The van der Waals surface area contributed by atoms with Gasteiger partial charge in [0.1, 0.15) is 11.6 Å². The highest BCUT2D eigenvalue weighted by Crippen LogP contribution is 2.17. The van der Waals surface area contributed by atoms with Crippen LogP contribution in [0, 0.1) is 5.82 Å². The normalized spacial score (nSPS) is 10.5. The van der Waals surface area contributed by atoms with Crippen molar-refractivity contribution in [2.45, 2.75) is 6.42 Å². The lowest BCUT2D eigenvalue weighted by molar-refractivity contribution is 0.628. The van der Waals surface area contributed by atoms with Gasteiger partial charge in [-0.1, -0.05) is 12.1 Å². The summed E-state index contributed by atoms with van der Waals surface area (Å²) in [4.78, 5) is 7.24. The molecule has 78 valence electrons. The minimum absolute atomic E-state index is 0.249. The summed E-state index contributed by atoms with van der Waals surface area (Å²) in [5, 5.41) is 0. The van der Waals surface area contributed by atoms with E-state index in [9.17, 15) is 4.39 Å². The summed E-state index contributed by atoms with van der Waals surface area (Å²) < 4.78 is 13.0. The molecule has 2 aromatic rings. The molecule has 0 saturated carbocycles. The van der Waals surface area contributed by atoms with Gasteiger partial charge in [-0.3, -0.25) is 0 Å². The van der Waals surface area contributed by atoms with Gasteiger partial charge < -0.3 is 4.98 Å². The van der Waals surface area contributed by atoms with E-state index in [4.69, 9.17) is 11.6 Å². The molecule has 2 nitrogen and oxygen atoms in total. The molecule has 0 amide bonds. The number of hydrogen-bond acceptors (Lipinski definition) is 1. The van der Waals surface area contributed by atoms with Gasteiger partial charge in [-0.05, 0) is 12.1 Å². The van der Waals surface area contributed by atoms with Crippen molar-refractivity contribution in [1.29, 1.82) is 0 Å². The lowest BCUT2D eigenvalue weighted by atomic mass is 10.2. The number of imidazole rings is 1. The predicted octanol–water partition coefficient (Wildman–Crippen LogP) is 3.00. The van der Waals surface area contributed by atoms with Crippen LogP contribution in [0.2, 0.25) is 0 Å². The number of aromatic amines is 1. The second kappa shape index (κ2) is 4.45. The highest BCUT2D eigenvalue weighted by molar-refractivity contribution is 6.17. The second-order valence-corrected chi connectivity index (χ2v) is 3.57. The average Bonchev–Trinajstić information content (AvgIpc) is 2.67. The van der Waals surface area contributed by atoms with E-state index in [0.717, 1.165) is 17.1 Å². The summed E-state index contributed by atoms with van der Waals surface area (Å²) >= 11 is 5.60. The minimum Gasteiger partial charge on any atom is -0.342 e. The SMILES string of the molecule is Fc1cccc(-c2cnc(CCCl)[nH]2)c1. The van der Waals surface area contributed by atoms with E-state index in [-0.39, 0.29) is 5.82 Å². The monoisotopic (exact) mass is 224 g/mol. The summed E-state index contributed by atoms with van der Waals surface area (Å²) in [5.41, 5.74) is 1.61. The van der Waals surface area contributed by atoms with Crippen LogP contribution in [0.25, 0.3) is 11.3 Å². The van der Waals surface area contributed by atoms with Gasteiger partial charge in [-0.25, -0.2) is 9.37 Å². The molecule has 1 heterocycles. The van der Waals surface area contributed by atoms with E-state index in [1.54, 1.807) is 12.3 Å². The lowest BCUT2D eigenvalue weighted by Crippen LogP contribution is -1.88. The first-order valence-corrected chi connectivity index (χ1v) is 5.19. The zero-order valence-corrected chi connectivity index (χ0v) is 8.76. The summed E-state index contributed by atoms with van der Waals surface area (Å²) in [5.74, 6) is 1.10. The van der Waals surface area contributed by atoms with Crippen molar-refractivity contribution >= 4 is 11.6 Å². The molecule has 1 aromatic carbocycles. The Kier molecular flexibility index (Phi) is 3.02. The molecule has 0 unspecified atom stereocenters. The Balaban J connectivity index is 2.29. The summed E-state index contributed by atoms with van der Waals surface area (Å²) in [6, 6.07) is 6.39. The van der Waals surface area contributed by atoms with Crippen molar-refractivity contribution in [3.63, 3.8) is 0 Å². The third kappa shape index (κ3) is 2.36. The van der Waals surface area contributed by atoms with Crippen molar-refractivity contribution in [3.05, 3.63) is 42.1 Å². The van der Waals surface area contributed by atoms with Crippen molar-refractivity contribution in [2.75, 3.05) is 5.88 Å². The van der Waals surface area contributed by atoms with Gasteiger partial charge in [-0.2, -0.15) is 0 Å². The number of hydrogen-bond donors (Lipinski definition) is 1. The van der Waals surface area contributed by atoms with E-state index < -0.39 is 0 Å². The first-order chi connectivity index (χ1) is 7.29. The number of benzene rings is 1. The smallest absolute Gasteiger partial charge is 0.123 e. The summed E-state index contributed by atoms with van der Waals surface area (Å²) in [7, 11) is 0. The Morgan fingerprint density at radius 2 is 2.27 bits per heavy atom. The number of halogens is 2. The van der Waals surface area contributed by atoms with E-state index >= 15 is 0 Å². The van der Waals surface area contributed by atoms with Crippen LogP contribution in [0.5, 0.6) is 0 Å². The number of H-pyrrole nitrogens is 1. The van der Waals surface area contributed by atoms with Crippen LogP contribution >= 0.6 is 11.6 Å². The van der Waals surface area contributed by atoms with Gasteiger partial charge in [-0.15, -0.1) is 11.6 Å². The molecule has 2 rings (SSSR count). The van der Waals surface area contributed by atoms with E-state index in [0.29, 0.717) is 12.3 Å². The van der Waals surface area contributed by atoms with Crippen LogP contribution in [-0.4, -0.2) is 15.8 Å². The third-order valence-corrected chi connectivity index (χ3v) is 2.28. The second-order valence-electron chi connectivity index (χ2n) is 3.19. The zero-order chi connectivity index (χ0) is 10.7. The zero-order valence-electron chi connectivity index (χ0n) is 8.00. The number of aryl methyl sites for hydroxylation is 1. The molecule has 0 radical (unpaired) electrons. The molecule has 0 atom stereocenters. The summed E-state index contributed by atoms with van der Waals surface area (Å²) in [6.45, 7) is 0. The largest absolute Gasteiger partial charge is 0.342 e. The number of rotatable bonds is 3. The first-order valence-electron chi connectivity index (χ1n) is 4.65. The molecule has 4 heteroatoms. The van der Waals surface area contributed by atoms with Crippen LogP contribution in [0.3, 0.4) is 0 Å². The Morgan fingerprint density at radius 3 is 3.00 bits per heavy atom. The average molecular weight is 225 g/mol. The molecule has 0 fully saturated rings. The molecular formula is C11H10ClFN2. The molecule has 0 saturated heterocycles. The Bertz CT molecular complexity index is 453. The molecule has 1 N–H and O–H groups in total. The van der Waals surface area contributed by atoms with Gasteiger partial charge in [0.05, 0.1) is 11.9 Å². The molecule has 0 aliphatic heterocycles. The van der Waals surface area contributed by atoms with Crippen LogP contribution in [0.4, 0.5) is 4.39 Å². The first kappa shape index (κ1) is 10.2. The van der Waals surface area contributed by atoms with Crippen LogP contribution < -0.4 is 0 Å². The fraction of sp³-hybridized carbons (Fsp3) is 0.182. The molecule has 0 aliphatic rings. The lowest BCUT2D eigenvalue weighted by Gasteiger charge is -1.96. The number of nitrogens with one attached hydrogen (secondary N) is 1. The van der Waals surface area contributed by atoms with Gasteiger partial charge in [0, 0.05) is 17.9 Å². The van der Waals surface area contributed by atoms with Crippen LogP contribution in [0.15, 0.2) is 30.5 Å². The molecule has 15 heavy (non-hydrogen) atoms. The number of alkyl halides is 1. The highest BCUT2D eigenvalue weighted by atomic mass is 35.5. The predicted molar refractivity (Wildman–Crippen MR) is 58.4 cm³/mol. The summed E-state index contributed by atoms with van der Waals surface area (Å²) in [6.07, 6.45) is 2.38. The molecule has 0 aliphatic carbocycles. The van der Waals surface area contributed by atoms with Gasteiger partial charge in [0.2, 0.25) is 0 Å². The van der Waals surface area contributed by atoms with Crippen molar-refractivity contribution in [3.8, 4) is 11.3 Å². The number of nitrogens with zero attached hydrogens (tertiary/aromatic N) is 1. The van der Waals surface area contributed by atoms with E-state index in [2.05, 4.69) is 9.97 Å². The van der Waals surface area contributed by atoms with E-state index in [1.807, 2.05) is 6.07 Å². The van der Waals surface area contributed by atoms with Gasteiger partial charge in [0.25, 0.3) is 0 Å². The number of aromatic nitrogens is 2. The molecule has 0 bridgehead atoms. The maximum absolute atomic E-state index is 13.0. The van der Waals surface area contributed by atoms with Crippen LogP contribution in [0.1, 0.15) is 5.82 Å². The van der Waals surface area contributed by atoms with E-state index in [1.165, 1.54) is 12.1 Å².